The number of halogens is 1. The molecule has 2 aromatic heterocycles. The van der Waals surface area contributed by atoms with Gasteiger partial charge >= 0.3 is 0 Å². The van der Waals surface area contributed by atoms with Crippen molar-refractivity contribution in [3.63, 3.8) is 0 Å². The van der Waals surface area contributed by atoms with E-state index in [2.05, 4.69) is 34.8 Å². The van der Waals surface area contributed by atoms with Crippen LogP contribution < -0.4 is 8.22 Å². The first-order valence-electron chi connectivity index (χ1n) is 3.53. The van der Waals surface area contributed by atoms with Crippen LogP contribution in [0.25, 0.3) is 11.2 Å². The van der Waals surface area contributed by atoms with Crippen LogP contribution in [0.1, 0.15) is 0 Å². The Balaban J connectivity index is 2.84. The van der Waals surface area contributed by atoms with Gasteiger partial charge in [0, 0.05) is 7.05 Å². The van der Waals surface area contributed by atoms with Gasteiger partial charge in [-0.3, -0.25) is 4.98 Å². The van der Waals surface area contributed by atoms with E-state index >= 15 is 0 Å². The Labute approximate surface area is 96.9 Å². The van der Waals surface area contributed by atoms with E-state index < -0.39 is 0 Å². The highest BCUT2D eigenvalue weighted by atomic mass is 127. The van der Waals surface area contributed by atoms with Gasteiger partial charge in [0.25, 0.3) is 0 Å². The molecule has 0 aliphatic carbocycles. The quantitative estimate of drug-likeness (QED) is 0.455. The van der Waals surface area contributed by atoms with Gasteiger partial charge in [-0.1, -0.05) is 0 Å². The second-order valence-electron chi connectivity index (χ2n) is 2.52. The maximum absolute atomic E-state index is 4.32. The van der Waals surface area contributed by atoms with Gasteiger partial charge in [0.15, 0.2) is 11.5 Å². The van der Waals surface area contributed by atoms with Crippen molar-refractivity contribution in [1.82, 2.24) is 19.5 Å². The third-order valence-electron chi connectivity index (χ3n) is 1.78. The SMILES string of the molecule is Cn1[c]([Al])nc2c(NI)ncnc21. The number of fused-ring (bicyclic) bond motifs is 1. The lowest BCUT2D eigenvalue weighted by Crippen LogP contribution is -2.15. The standard InChI is InChI=1S/C6H5IN5.Al/c1-12-3-10-4-5(11-7)8-2-9-6(4)12;/h2H,1H3,(H,8,9,11);. The average molecular weight is 301 g/mol. The molecule has 2 rings (SSSR count). The average Bonchev–Trinajstić information content (AvgIpc) is 2.43. The summed E-state index contributed by atoms with van der Waals surface area (Å²) < 4.78 is 5.70. The van der Waals surface area contributed by atoms with E-state index in [0.717, 1.165) is 21.7 Å². The molecule has 0 aliphatic heterocycles. The Morgan fingerprint density at radius 2 is 2.31 bits per heavy atom. The Kier molecular flexibility index (Phi) is 2.40. The Morgan fingerprint density at radius 1 is 1.54 bits per heavy atom. The first-order chi connectivity index (χ1) is 6.24. The summed E-state index contributed by atoms with van der Waals surface area (Å²) in [7, 11) is 1.92. The summed E-state index contributed by atoms with van der Waals surface area (Å²) in [6.45, 7) is 0. The van der Waals surface area contributed by atoms with Crippen molar-refractivity contribution in [1.29, 1.82) is 0 Å². The molecule has 0 aliphatic rings. The molecule has 0 atom stereocenters. The van der Waals surface area contributed by atoms with Crippen molar-refractivity contribution in [3.05, 3.63) is 6.33 Å². The van der Waals surface area contributed by atoms with Crippen LogP contribution in [-0.2, 0) is 7.05 Å². The molecule has 2 heterocycles. The van der Waals surface area contributed by atoms with Gasteiger partial charge in [0.05, 0.1) is 22.9 Å². The van der Waals surface area contributed by atoms with Crippen LogP contribution in [0, 0.1) is 0 Å². The molecule has 0 aromatic carbocycles. The summed E-state index contributed by atoms with van der Waals surface area (Å²) in [5.41, 5.74) is 1.63. The van der Waals surface area contributed by atoms with Crippen LogP contribution in [-0.4, -0.2) is 35.8 Å². The first kappa shape index (κ1) is 9.18. The summed E-state index contributed by atoms with van der Waals surface area (Å²) in [5, 5.41) is 0. The number of aryl methyl sites for hydroxylation is 1. The highest BCUT2D eigenvalue weighted by Crippen LogP contribution is 2.15. The molecular formula is C6H5AlIN5. The minimum Gasteiger partial charge on any atom is -0.334 e. The molecule has 0 saturated carbocycles. The van der Waals surface area contributed by atoms with Gasteiger partial charge in [-0.2, -0.15) is 0 Å². The lowest BCUT2D eigenvalue weighted by atomic mass is 10.5. The molecule has 0 fully saturated rings. The summed E-state index contributed by atoms with van der Waals surface area (Å²) in [6.07, 6.45) is 1.52. The van der Waals surface area contributed by atoms with Crippen LogP contribution in [0.2, 0.25) is 0 Å². The molecule has 0 amide bonds. The fourth-order valence-electron chi connectivity index (χ4n) is 1.09. The molecule has 7 heteroatoms. The van der Waals surface area contributed by atoms with E-state index in [1.807, 2.05) is 34.5 Å². The summed E-state index contributed by atoms with van der Waals surface area (Å²) in [4.78, 5) is 12.5. The van der Waals surface area contributed by atoms with Crippen molar-refractivity contribution in [3.8, 4) is 0 Å². The van der Waals surface area contributed by atoms with Crippen LogP contribution in [0.5, 0.6) is 0 Å². The first-order valence-corrected chi connectivity index (χ1v) is 5.19. The highest BCUT2D eigenvalue weighted by Gasteiger charge is 2.08. The maximum Gasteiger partial charge on any atom is 0.241 e. The zero-order valence-electron chi connectivity index (χ0n) is 6.82. The fourth-order valence-corrected chi connectivity index (χ4v) is 1.73. The van der Waals surface area contributed by atoms with Crippen molar-refractivity contribution in [2.75, 3.05) is 3.53 Å². The number of aromatic nitrogens is 4. The number of hydrogen-bond acceptors (Lipinski definition) is 4. The Bertz CT molecular complexity index is 453. The summed E-state index contributed by atoms with van der Waals surface area (Å²) in [6, 6.07) is 0. The number of nitrogens with zero attached hydrogens (tertiary/aromatic N) is 4. The normalized spacial score (nSPS) is 10.6. The molecular weight excluding hydrogens is 296 g/mol. The minimum absolute atomic E-state index is 0.745. The molecule has 13 heavy (non-hydrogen) atoms. The summed E-state index contributed by atoms with van der Waals surface area (Å²) >= 11 is 4.58. The fraction of sp³-hybridized carbons (Fsp3) is 0.167. The second kappa shape index (κ2) is 3.40. The van der Waals surface area contributed by atoms with Crippen LogP contribution in [0.3, 0.4) is 0 Å². The van der Waals surface area contributed by atoms with Gasteiger partial charge < -0.3 is 8.10 Å². The van der Waals surface area contributed by atoms with Gasteiger partial charge in [-0.05, 0) is 4.69 Å². The van der Waals surface area contributed by atoms with Gasteiger partial charge in [-0.25, -0.2) is 9.97 Å². The van der Waals surface area contributed by atoms with Crippen LogP contribution >= 0.6 is 22.9 Å². The monoisotopic (exact) mass is 301 g/mol. The van der Waals surface area contributed by atoms with Gasteiger partial charge in [-0.15, -0.1) is 0 Å². The zero-order valence-corrected chi connectivity index (χ0v) is 10.1. The smallest absolute Gasteiger partial charge is 0.241 e. The number of imidazole rings is 1. The van der Waals surface area contributed by atoms with E-state index in [9.17, 15) is 0 Å². The highest BCUT2D eigenvalue weighted by molar-refractivity contribution is 14.1. The van der Waals surface area contributed by atoms with Crippen LogP contribution in [0.15, 0.2) is 6.33 Å². The maximum atomic E-state index is 4.32. The third kappa shape index (κ3) is 1.41. The van der Waals surface area contributed by atoms with Crippen LogP contribution in [0.4, 0.5) is 5.82 Å². The van der Waals surface area contributed by atoms with E-state index in [1.54, 1.807) is 0 Å². The molecule has 1 N–H and O–H groups in total. The zero-order chi connectivity index (χ0) is 9.42. The second-order valence-corrected chi connectivity index (χ2v) is 3.57. The predicted molar refractivity (Wildman–Crippen MR) is 59.3 cm³/mol. The number of hydrogen-bond donors (Lipinski definition) is 1. The van der Waals surface area contributed by atoms with E-state index in [0.29, 0.717) is 0 Å². The van der Waals surface area contributed by atoms with Crippen molar-refractivity contribution >= 4 is 60.8 Å². The molecule has 64 valence electrons. The molecule has 2 aromatic rings. The van der Waals surface area contributed by atoms with Crippen molar-refractivity contribution < 1.29 is 0 Å². The minimum atomic E-state index is 0.745. The van der Waals surface area contributed by atoms with Crippen molar-refractivity contribution in [2.45, 2.75) is 0 Å². The van der Waals surface area contributed by atoms with E-state index in [4.69, 9.17) is 0 Å². The number of nitrogens with one attached hydrogen (secondary N) is 1. The number of anilines is 1. The molecule has 0 spiro atoms. The molecule has 0 unspecified atom stereocenters. The van der Waals surface area contributed by atoms with E-state index in [1.165, 1.54) is 6.33 Å². The lowest BCUT2D eigenvalue weighted by molar-refractivity contribution is 0.965. The van der Waals surface area contributed by atoms with Gasteiger partial charge in [0.2, 0.25) is 16.3 Å². The molecule has 2 radical (unpaired) electrons. The van der Waals surface area contributed by atoms with Gasteiger partial charge in [0.1, 0.15) is 11.8 Å². The molecule has 0 bridgehead atoms. The number of rotatable bonds is 1. The lowest BCUT2D eigenvalue weighted by Gasteiger charge is -1.97. The summed E-state index contributed by atoms with van der Waals surface area (Å²) in [5.74, 6) is 0.745. The third-order valence-corrected chi connectivity index (χ3v) is 2.81. The Morgan fingerprint density at radius 3 is 3.00 bits per heavy atom. The predicted octanol–water partition coefficient (Wildman–Crippen LogP) is -0.0810. The van der Waals surface area contributed by atoms with Crippen molar-refractivity contribution in [2.24, 2.45) is 7.05 Å². The largest absolute Gasteiger partial charge is 0.334 e. The topological polar surface area (TPSA) is 55.6 Å². The molecule has 0 saturated heterocycles. The Hall–Kier alpha value is -0.388. The van der Waals surface area contributed by atoms with E-state index in [-0.39, 0.29) is 0 Å². The molecule has 5 nitrogen and oxygen atoms in total.